The highest BCUT2D eigenvalue weighted by atomic mass is 32.1. The van der Waals surface area contributed by atoms with Gasteiger partial charge in [-0.3, -0.25) is 9.48 Å². The van der Waals surface area contributed by atoms with E-state index in [9.17, 15) is 4.79 Å². The van der Waals surface area contributed by atoms with Gasteiger partial charge in [0.25, 0.3) is 0 Å². The van der Waals surface area contributed by atoms with Gasteiger partial charge in [-0.1, -0.05) is 0 Å². The Morgan fingerprint density at radius 2 is 2.09 bits per heavy atom. The Balaban J connectivity index is 1.79. The first-order valence-electron chi connectivity index (χ1n) is 8.11. The van der Waals surface area contributed by atoms with Crippen LogP contribution in [-0.2, 0) is 11.8 Å². The summed E-state index contributed by atoms with van der Waals surface area (Å²) in [5.41, 5.74) is 3.02. The molecule has 2 aromatic heterocycles. The van der Waals surface area contributed by atoms with Crippen molar-refractivity contribution in [1.82, 2.24) is 20.1 Å². The predicted molar refractivity (Wildman–Crippen MR) is 91.6 cm³/mol. The fourth-order valence-corrected chi connectivity index (χ4v) is 4.07. The van der Waals surface area contributed by atoms with Gasteiger partial charge in [-0.2, -0.15) is 5.10 Å². The summed E-state index contributed by atoms with van der Waals surface area (Å²) in [6.45, 7) is 8.00. The van der Waals surface area contributed by atoms with Crippen LogP contribution in [0.1, 0.15) is 58.6 Å². The quantitative estimate of drug-likeness (QED) is 0.915. The summed E-state index contributed by atoms with van der Waals surface area (Å²) in [7, 11) is 1.92. The number of aromatic nitrogens is 3. The molecule has 2 aromatic rings. The number of nitrogens with one attached hydrogen (secondary N) is 1. The Bertz CT molecular complexity index is 729. The van der Waals surface area contributed by atoms with Crippen molar-refractivity contribution in [3.63, 3.8) is 0 Å². The Kier molecular flexibility index (Phi) is 4.27. The van der Waals surface area contributed by atoms with Crippen molar-refractivity contribution in [2.24, 2.45) is 13.0 Å². The lowest BCUT2D eigenvalue weighted by Gasteiger charge is -2.19. The van der Waals surface area contributed by atoms with E-state index in [0.29, 0.717) is 5.92 Å². The number of carbonyl (C=O) groups is 1. The van der Waals surface area contributed by atoms with Crippen LogP contribution in [0.15, 0.2) is 6.20 Å². The topological polar surface area (TPSA) is 59.8 Å². The summed E-state index contributed by atoms with van der Waals surface area (Å²) in [6.07, 6.45) is 4.23. The molecule has 2 atom stereocenters. The van der Waals surface area contributed by atoms with E-state index < -0.39 is 0 Å². The Hall–Kier alpha value is -1.69. The molecule has 6 heteroatoms. The van der Waals surface area contributed by atoms with Crippen LogP contribution >= 0.6 is 11.3 Å². The number of aryl methyl sites for hydroxylation is 3. The molecular weight excluding hydrogens is 308 g/mol. The van der Waals surface area contributed by atoms with Gasteiger partial charge in [0.15, 0.2) is 0 Å². The third kappa shape index (κ3) is 3.17. The molecule has 0 aliphatic heterocycles. The fourth-order valence-electron chi connectivity index (χ4n) is 3.15. The molecule has 0 saturated heterocycles. The zero-order valence-electron chi connectivity index (χ0n) is 14.4. The third-order valence-electron chi connectivity index (χ3n) is 4.69. The number of carbonyl (C=O) groups excluding carboxylic acids is 1. The average molecular weight is 332 g/mol. The molecule has 0 aromatic carbocycles. The van der Waals surface area contributed by atoms with E-state index in [2.05, 4.69) is 22.3 Å². The molecule has 2 heterocycles. The van der Waals surface area contributed by atoms with Gasteiger partial charge in [0, 0.05) is 29.4 Å². The zero-order chi connectivity index (χ0) is 16.7. The van der Waals surface area contributed by atoms with E-state index in [1.807, 2.05) is 38.7 Å². The van der Waals surface area contributed by atoms with Gasteiger partial charge in [-0.15, -0.1) is 11.3 Å². The summed E-state index contributed by atoms with van der Waals surface area (Å²) in [5.74, 6) is 0.396. The van der Waals surface area contributed by atoms with Crippen LogP contribution in [0.25, 0.3) is 0 Å². The fraction of sp³-hybridized carbons (Fsp3) is 0.588. The molecular formula is C17H24N4OS. The first kappa shape index (κ1) is 16.2. The molecule has 5 nitrogen and oxygen atoms in total. The van der Waals surface area contributed by atoms with Gasteiger partial charge in [-0.25, -0.2) is 4.98 Å². The highest BCUT2D eigenvalue weighted by Gasteiger charge is 2.36. The van der Waals surface area contributed by atoms with E-state index in [1.165, 1.54) is 17.7 Å². The van der Waals surface area contributed by atoms with Gasteiger partial charge in [0.05, 0.1) is 17.7 Å². The molecule has 0 radical (unpaired) electrons. The lowest BCUT2D eigenvalue weighted by Crippen LogP contribution is -2.33. The van der Waals surface area contributed by atoms with E-state index in [1.54, 1.807) is 11.3 Å². The second-order valence-corrected chi connectivity index (χ2v) is 7.83. The SMILES string of the molecule is Cc1cnc([C@H](NC(=O)[C@@H](C)c2c(C)nn(C)c2C)C2CC2)s1. The van der Waals surface area contributed by atoms with Crippen LogP contribution in [0.5, 0.6) is 0 Å². The number of hydrogen-bond donors (Lipinski definition) is 1. The van der Waals surface area contributed by atoms with Crippen molar-refractivity contribution >= 4 is 17.2 Å². The molecule has 3 rings (SSSR count). The Morgan fingerprint density at radius 1 is 1.39 bits per heavy atom. The molecule has 1 aliphatic rings. The van der Waals surface area contributed by atoms with Crippen LogP contribution in [0.3, 0.4) is 0 Å². The van der Waals surface area contributed by atoms with Gasteiger partial charge >= 0.3 is 0 Å². The minimum atomic E-state index is -0.203. The molecule has 1 saturated carbocycles. The minimum absolute atomic E-state index is 0.0564. The maximum Gasteiger partial charge on any atom is 0.227 e. The number of rotatable bonds is 5. The number of hydrogen-bond acceptors (Lipinski definition) is 4. The smallest absolute Gasteiger partial charge is 0.227 e. The van der Waals surface area contributed by atoms with Crippen LogP contribution in [0, 0.1) is 26.7 Å². The maximum atomic E-state index is 12.8. The van der Waals surface area contributed by atoms with Crippen LogP contribution < -0.4 is 5.32 Å². The first-order valence-corrected chi connectivity index (χ1v) is 8.93. The minimum Gasteiger partial charge on any atom is -0.346 e. The van der Waals surface area contributed by atoms with Gasteiger partial charge in [0.2, 0.25) is 5.91 Å². The Morgan fingerprint density at radius 3 is 2.57 bits per heavy atom. The van der Waals surface area contributed by atoms with Gasteiger partial charge in [0.1, 0.15) is 5.01 Å². The normalized spacial score (nSPS) is 17.1. The van der Waals surface area contributed by atoms with Crippen molar-refractivity contribution in [1.29, 1.82) is 0 Å². The molecule has 0 bridgehead atoms. The lowest BCUT2D eigenvalue weighted by molar-refractivity contribution is -0.123. The molecule has 0 unspecified atom stereocenters. The molecule has 1 aliphatic carbocycles. The standard InChI is InChI=1S/C17H24N4OS/c1-9-8-18-17(23-9)15(13-6-7-13)19-16(22)10(2)14-11(3)20-21(5)12(14)4/h8,10,13,15H,6-7H2,1-5H3,(H,19,22)/t10-,15+/m0/s1. The van der Waals surface area contributed by atoms with Crippen molar-refractivity contribution < 1.29 is 4.79 Å². The van der Waals surface area contributed by atoms with E-state index in [4.69, 9.17) is 0 Å². The Labute approximate surface area is 141 Å². The van der Waals surface area contributed by atoms with Crippen molar-refractivity contribution in [3.05, 3.63) is 33.0 Å². The van der Waals surface area contributed by atoms with Crippen molar-refractivity contribution in [2.45, 2.75) is 52.5 Å². The van der Waals surface area contributed by atoms with E-state index in [-0.39, 0.29) is 17.9 Å². The monoisotopic (exact) mass is 332 g/mol. The average Bonchev–Trinajstić information content (AvgIpc) is 3.19. The van der Waals surface area contributed by atoms with Crippen molar-refractivity contribution in [2.75, 3.05) is 0 Å². The highest BCUT2D eigenvalue weighted by Crippen LogP contribution is 2.42. The molecule has 23 heavy (non-hydrogen) atoms. The van der Waals surface area contributed by atoms with Gasteiger partial charge in [-0.05, 0) is 46.5 Å². The number of thiazole rings is 1. The van der Waals surface area contributed by atoms with Crippen LogP contribution in [0.2, 0.25) is 0 Å². The van der Waals surface area contributed by atoms with E-state index >= 15 is 0 Å². The lowest BCUT2D eigenvalue weighted by atomic mass is 9.97. The maximum absolute atomic E-state index is 12.8. The largest absolute Gasteiger partial charge is 0.346 e. The summed E-state index contributed by atoms with van der Waals surface area (Å²) >= 11 is 1.68. The number of nitrogens with zero attached hydrogens (tertiary/aromatic N) is 3. The van der Waals surface area contributed by atoms with E-state index in [0.717, 1.165) is 22.0 Å². The van der Waals surface area contributed by atoms with Crippen LogP contribution in [-0.4, -0.2) is 20.7 Å². The molecule has 1 fully saturated rings. The summed E-state index contributed by atoms with van der Waals surface area (Å²) < 4.78 is 1.84. The second-order valence-electron chi connectivity index (χ2n) is 6.56. The predicted octanol–water partition coefficient (Wildman–Crippen LogP) is 3.17. The first-order chi connectivity index (χ1) is 10.9. The summed E-state index contributed by atoms with van der Waals surface area (Å²) in [6, 6.07) is 0.0564. The molecule has 124 valence electrons. The molecule has 1 N–H and O–H groups in total. The van der Waals surface area contributed by atoms with Crippen LogP contribution in [0.4, 0.5) is 0 Å². The second kappa shape index (κ2) is 6.07. The van der Waals surface area contributed by atoms with Crippen molar-refractivity contribution in [3.8, 4) is 0 Å². The zero-order valence-corrected chi connectivity index (χ0v) is 15.2. The molecule has 0 spiro atoms. The van der Waals surface area contributed by atoms with Gasteiger partial charge < -0.3 is 5.32 Å². The molecule has 1 amide bonds. The summed E-state index contributed by atoms with van der Waals surface area (Å²) in [5, 5.41) is 8.70. The third-order valence-corrected chi connectivity index (χ3v) is 5.68. The summed E-state index contributed by atoms with van der Waals surface area (Å²) in [4.78, 5) is 18.5. The number of amides is 1. The highest BCUT2D eigenvalue weighted by molar-refractivity contribution is 7.11.